The fourth-order valence-electron chi connectivity index (χ4n) is 3.58. The number of hydrogen-bond acceptors (Lipinski definition) is 8. The predicted octanol–water partition coefficient (Wildman–Crippen LogP) is 0.0946. The number of nitrogen functional groups attached to an aromatic ring is 1. The molecule has 0 saturated heterocycles. The van der Waals surface area contributed by atoms with Crippen LogP contribution >= 0.6 is 0 Å². The Kier molecular flexibility index (Phi) is 6.77. The van der Waals surface area contributed by atoms with Crippen molar-refractivity contribution in [3.05, 3.63) is 76.9 Å². The van der Waals surface area contributed by atoms with Gasteiger partial charge < -0.3 is 20.3 Å². The molecule has 0 unspecified atom stereocenters. The van der Waals surface area contributed by atoms with Crippen LogP contribution in [0.4, 0.5) is 17.1 Å². The minimum atomic E-state index is -5.02. The van der Waals surface area contributed by atoms with E-state index < -0.39 is 32.3 Å². The van der Waals surface area contributed by atoms with Crippen molar-refractivity contribution in [1.82, 2.24) is 0 Å². The van der Waals surface area contributed by atoms with Gasteiger partial charge in [0.15, 0.2) is 11.6 Å². The average Bonchev–Trinajstić information content (AvgIpc) is 2.72. The molecule has 0 amide bonds. The number of ketones is 2. The van der Waals surface area contributed by atoms with E-state index in [1.54, 1.807) is 36.4 Å². The van der Waals surface area contributed by atoms with Crippen molar-refractivity contribution in [2.45, 2.75) is 11.8 Å². The van der Waals surface area contributed by atoms with Crippen LogP contribution in [0, 0.1) is 0 Å². The van der Waals surface area contributed by atoms with Crippen LogP contribution in [0.25, 0.3) is 0 Å². The number of hydrogen-bond donors (Lipinski definition) is 2. The van der Waals surface area contributed by atoms with Gasteiger partial charge in [-0.05, 0) is 25.1 Å². The van der Waals surface area contributed by atoms with Crippen molar-refractivity contribution < 1.29 is 56.9 Å². The quantitative estimate of drug-likeness (QED) is 0.243. The van der Waals surface area contributed by atoms with Crippen LogP contribution in [-0.4, -0.2) is 31.1 Å². The molecule has 1 aliphatic rings. The second-order valence-electron chi connectivity index (χ2n) is 6.83. The minimum absolute atomic E-state index is 0. The first-order valence-corrected chi connectivity index (χ1v) is 10.7. The maximum absolute atomic E-state index is 13.2. The van der Waals surface area contributed by atoms with E-state index in [1.165, 1.54) is 12.1 Å². The molecule has 0 bridgehead atoms. The second-order valence-corrected chi connectivity index (χ2v) is 8.18. The molecule has 0 spiro atoms. The summed E-state index contributed by atoms with van der Waals surface area (Å²) in [6, 6.07) is 13.9. The molecule has 4 rings (SSSR count). The molecule has 3 aromatic rings. The van der Waals surface area contributed by atoms with Crippen molar-refractivity contribution in [1.29, 1.82) is 0 Å². The van der Waals surface area contributed by atoms with Gasteiger partial charge in [0.1, 0.15) is 15.9 Å². The molecule has 1 aliphatic carbocycles. The Morgan fingerprint density at radius 3 is 2.19 bits per heavy atom. The van der Waals surface area contributed by atoms with E-state index in [1.807, 2.05) is 6.92 Å². The normalized spacial score (nSPS) is 12.4. The number of nitrogens with one attached hydrogen (secondary N) is 1. The van der Waals surface area contributed by atoms with Gasteiger partial charge in [-0.1, -0.05) is 30.3 Å². The Bertz CT molecular complexity index is 1350. The summed E-state index contributed by atoms with van der Waals surface area (Å²) in [7, 11) is -5.02. The first-order valence-electron chi connectivity index (χ1n) is 9.33. The largest absolute Gasteiger partial charge is 1.00 e. The van der Waals surface area contributed by atoms with E-state index in [4.69, 9.17) is 10.5 Å². The van der Waals surface area contributed by atoms with Gasteiger partial charge in [0, 0.05) is 22.9 Å². The number of carbonyl (C=O) groups excluding carboxylic acids is 2. The van der Waals surface area contributed by atoms with E-state index in [-0.39, 0.29) is 57.5 Å². The van der Waals surface area contributed by atoms with E-state index in [0.717, 1.165) is 6.07 Å². The van der Waals surface area contributed by atoms with Gasteiger partial charge in [0.05, 0.1) is 34.0 Å². The van der Waals surface area contributed by atoms with E-state index in [0.29, 0.717) is 18.0 Å². The minimum Gasteiger partial charge on any atom is -0.744 e. The first-order chi connectivity index (χ1) is 14.7. The third kappa shape index (κ3) is 4.17. The van der Waals surface area contributed by atoms with Gasteiger partial charge >= 0.3 is 29.6 Å². The van der Waals surface area contributed by atoms with Crippen molar-refractivity contribution in [3.63, 3.8) is 0 Å². The maximum atomic E-state index is 13.2. The van der Waals surface area contributed by atoms with E-state index >= 15 is 0 Å². The van der Waals surface area contributed by atoms with Crippen molar-refractivity contribution in [2.24, 2.45) is 0 Å². The van der Waals surface area contributed by atoms with Gasteiger partial charge in [-0.25, -0.2) is 8.42 Å². The van der Waals surface area contributed by atoms with Crippen molar-refractivity contribution in [3.8, 4) is 5.75 Å². The Labute approximate surface area is 206 Å². The van der Waals surface area contributed by atoms with E-state index in [2.05, 4.69) is 5.32 Å². The third-order valence-corrected chi connectivity index (χ3v) is 5.77. The van der Waals surface area contributed by atoms with Gasteiger partial charge in [-0.3, -0.25) is 9.59 Å². The molecule has 0 atom stereocenters. The summed E-state index contributed by atoms with van der Waals surface area (Å²) in [5.41, 5.74) is 5.71. The van der Waals surface area contributed by atoms with Gasteiger partial charge in [0.25, 0.3) is 0 Å². The molecule has 10 heteroatoms. The van der Waals surface area contributed by atoms with Crippen LogP contribution in [0.3, 0.4) is 0 Å². The number of carbonyl (C=O) groups is 2. The van der Waals surface area contributed by atoms with Gasteiger partial charge in [0.2, 0.25) is 0 Å². The molecule has 32 heavy (non-hydrogen) atoms. The zero-order chi connectivity index (χ0) is 22.3. The molecule has 8 nitrogen and oxygen atoms in total. The first kappa shape index (κ1) is 24.0. The number of benzene rings is 3. The molecule has 3 aromatic carbocycles. The SMILES string of the molecule is CCOc1cccc(Nc2cc(S(=O)(=O)[O-])c(N)c3c2C(=O)c2ccccc2C3=O)c1.[Na+]. The third-order valence-electron chi connectivity index (χ3n) is 4.89. The Morgan fingerprint density at radius 2 is 1.59 bits per heavy atom. The van der Waals surface area contributed by atoms with Crippen LogP contribution in [0.2, 0.25) is 0 Å². The summed E-state index contributed by atoms with van der Waals surface area (Å²) in [6.45, 7) is 2.26. The Balaban J connectivity index is 0.00000289. The van der Waals surface area contributed by atoms with Crippen molar-refractivity contribution >= 4 is 38.7 Å². The Morgan fingerprint density at radius 1 is 0.969 bits per heavy atom. The molecule has 158 valence electrons. The average molecular weight is 460 g/mol. The fourth-order valence-corrected chi connectivity index (χ4v) is 4.22. The summed E-state index contributed by atoms with van der Waals surface area (Å²) >= 11 is 0. The zero-order valence-corrected chi connectivity index (χ0v) is 20.2. The summed E-state index contributed by atoms with van der Waals surface area (Å²) in [5, 5.41) is 2.94. The predicted molar refractivity (Wildman–Crippen MR) is 113 cm³/mol. The van der Waals surface area contributed by atoms with E-state index in [9.17, 15) is 22.6 Å². The number of ether oxygens (including phenoxy) is 1. The molecular formula is C22H17N2NaO6S. The molecule has 0 radical (unpaired) electrons. The number of fused-ring (bicyclic) bond motifs is 2. The smallest absolute Gasteiger partial charge is 0.744 e. The zero-order valence-electron chi connectivity index (χ0n) is 17.3. The standard InChI is InChI=1S/C22H18N2O6S.Na/c1-2-30-13-7-5-6-12(10-13)24-16-11-17(31(27,28)29)20(23)19-18(16)21(25)14-8-3-4-9-15(14)22(19)26;/h3-11,24H,2,23H2,1H3,(H,27,28,29);/q;+1/p-1. The summed E-state index contributed by atoms with van der Waals surface area (Å²) in [5.74, 6) is -0.587. The molecular weight excluding hydrogens is 443 g/mol. The van der Waals surface area contributed by atoms with Crippen molar-refractivity contribution in [2.75, 3.05) is 17.7 Å². The molecule has 0 aromatic heterocycles. The topological polar surface area (TPSA) is 139 Å². The van der Waals surface area contributed by atoms with Crippen LogP contribution in [0.15, 0.2) is 59.5 Å². The maximum Gasteiger partial charge on any atom is 1.00 e. The number of rotatable bonds is 5. The molecule has 3 N–H and O–H groups in total. The Hall–Kier alpha value is -2.69. The van der Waals surface area contributed by atoms with Crippen LogP contribution < -0.4 is 45.3 Å². The molecule has 0 saturated carbocycles. The second kappa shape index (κ2) is 9.05. The fraction of sp³-hybridized carbons (Fsp3) is 0.0909. The summed E-state index contributed by atoms with van der Waals surface area (Å²) in [4.78, 5) is 25.6. The van der Waals surface area contributed by atoms with Crippen LogP contribution in [-0.2, 0) is 10.1 Å². The van der Waals surface area contributed by atoms with Gasteiger partial charge in [-0.15, -0.1) is 0 Å². The summed E-state index contributed by atoms with van der Waals surface area (Å²) in [6.07, 6.45) is 0. The number of nitrogens with two attached hydrogens (primary N) is 1. The molecule has 0 fully saturated rings. The molecule has 0 aliphatic heterocycles. The number of anilines is 3. The molecule has 0 heterocycles. The summed E-state index contributed by atoms with van der Waals surface area (Å²) < 4.78 is 41.0. The van der Waals surface area contributed by atoms with Crippen LogP contribution in [0.5, 0.6) is 5.75 Å². The van der Waals surface area contributed by atoms with Gasteiger partial charge in [-0.2, -0.15) is 0 Å². The van der Waals surface area contributed by atoms with Crippen LogP contribution in [0.1, 0.15) is 38.8 Å². The monoisotopic (exact) mass is 460 g/mol.